The lowest BCUT2D eigenvalue weighted by Gasteiger charge is -2.38. The van der Waals surface area contributed by atoms with Gasteiger partial charge in [-0.1, -0.05) is 26.7 Å². The fraction of sp³-hybridized carbons (Fsp3) is 1.00. The average Bonchev–Trinajstić information content (AvgIpc) is 2.26. The van der Waals surface area contributed by atoms with E-state index < -0.39 is 0 Å². The van der Waals surface area contributed by atoms with Gasteiger partial charge in [0.15, 0.2) is 0 Å². The Morgan fingerprint density at radius 2 is 1.73 bits per heavy atom. The molecule has 1 saturated carbocycles. The van der Waals surface area contributed by atoms with Crippen LogP contribution in [-0.4, -0.2) is 23.6 Å². The summed E-state index contributed by atoms with van der Waals surface area (Å²) in [4.78, 5) is 0. The summed E-state index contributed by atoms with van der Waals surface area (Å²) in [7, 11) is 0. The van der Waals surface area contributed by atoms with Crippen molar-refractivity contribution in [3.63, 3.8) is 0 Å². The fourth-order valence-electron chi connectivity index (χ4n) is 2.98. The molecule has 1 saturated heterocycles. The third-order valence-electron chi connectivity index (χ3n) is 4.38. The maximum atomic E-state index is 3.92. The fourth-order valence-corrected chi connectivity index (χ4v) is 4.09. The third-order valence-corrected chi connectivity index (χ3v) is 5.43. The zero-order chi connectivity index (χ0) is 10.7. The van der Waals surface area contributed by atoms with E-state index in [2.05, 4.69) is 30.9 Å². The first-order chi connectivity index (χ1) is 7.27. The van der Waals surface area contributed by atoms with Crippen LogP contribution in [0.25, 0.3) is 0 Å². The van der Waals surface area contributed by atoms with Crippen LogP contribution in [0, 0.1) is 11.8 Å². The second kappa shape index (κ2) is 5.58. The van der Waals surface area contributed by atoms with E-state index in [0.717, 1.165) is 23.9 Å². The summed E-state index contributed by atoms with van der Waals surface area (Å²) < 4.78 is 0. The lowest BCUT2D eigenvalue weighted by Crippen LogP contribution is -2.46. The van der Waals surface area contributed by atoms with Crippen molar-refractivity contribution in [1.29, 1.82) is 0 Å². The van der Waals surface area contributed by atoms with Crippen LogP contribution in [0.5, 0.6) is 0 Å². The van der Waals surface area contributed by atoms with Crippen molar-refractivity contribution in [3.8, 4) is 0 Å². The van der Waals surface area contributed by atoms with Crippen LogP contribution in [0.15, 0.2) is 0 Å². The summed E-state index contributed by atoms with van der Waals surface area (Å²) in [5.74, 6) is 4.55. The van der Waals surface area contributed by atoms with Crippen molar-refractivity contribution in [1.82, 2.24) is 5.32 Å². The molecule has 3 atom stereocenters. The van der Waals surface area contributed by atoms with Crippen LogP contribution < -0.4 is 5.32 Å². The SMILES string of the molecule is C[C@H]1[C@H](C)CCC[C@H]1NC1CCSCC1. The van der Waals surface area contributed by atoms with E-state index in [0.29, 0.717) is 0 Å². The van der Waals surface area contributed by atoms with Crippen LogP contribution in [0.1, 0.15) is 46.0 Å². The Hall–Kier alpha value is 0.310. The Bertz CT molecular complexity index is 189. The summed E-state index contributed by atoms with van der Waals surface area (Å²) in [6.07, 6.45) is 7.07. The minimum atomic E-state index is 0.807. The second-order valence-electron chi connectivity index (χ2n) is 5.43. The molecular weight excluding hydrogens is 202 g/mol. The monoisotopic (exact) mass is 227 g/mol. The largest absolute Gasteiger partial charge is 0.311 e. The molecule has 15 heavy (non-hydrogen) atoms. The van der Waals surface area contributed by atoms with Crippen molar-refractivity contribution in [2.45, 2.75) is 58.0 Å². The molecule has 1 nitrogen and oxygen atoms in total. The smallest absolute Gasteiger partial charge is 0.00978 e. The van der Waals surface area contributed by atoms with Gasteiger partial charge in [0.1, 0.15) is 0 Å². The van der Waals surface area contributed by atoms with Crippen LogP contribution in [0.3, 0.4) is 0 Å². The van der Waals surface area contributed by atoms with E-state index in [9.17, 15) is 0 Å². The molecule has 0 bridgehead atoms. The van der Waals surface area contributed by atoms with Gasteiger partial charge in [-0.25, -0.2) is 0 Å². The second-order valence-corrected chi connectivity index (χ2v) is 6.65. The molecule has 88 valence electrons. The van der Waals surface area contributed by atoms with Crippen molar-refractivity contribution in [3.05, 3.63) is 0 Å². The van der Waals surface area contributed by atoms with E-state index >= 15 is 0 Å². The number of hydrogen-bond donors (Lipinski definition) is 1. The minimum Gasteiger partial charge on any atom is -0.311 e. The summed E-state index contributed by atoms with van der Waals surface area (Å²) in [5, 5.41) is 3.92. The van der Waals surface area contributed by atoms with Crippen LogP contribution in [-0.2, 0) is 0 Å². The van der Waals surface area contributed by atoms with E-state index in [-0.39, 0.29) is 0 Å². The number of hydrogen-bond acceptors (Lipinski definition) is 2. The molecular formula is C13H25NS. The average molecular weight is 227 g/mol. The van der Waals surface area contributed by atoms with Gasteiger partial charge in [0.05, 0.1) is 0 Å². The molecule has 0 spiro atoms. The predicted octanol–water partition coefficient (Wildman–Crippen LogP) is 3.30. The zero-order valence-electron chi connectivity index (χ0n) is 10.2. The first-order valence-corrected chi connectivity index (χ1v) is 7.76. The molecule has 2 aliphatic rings. The van der Waals surface area contributed by atoms with Gasteiger partial charge in [0.25, 0.3) is 0 Å². The highest BCUT2D eigenvalue weighted by atomic mass is 32.2. The zero-order valence-corrected chi connectivity index (χ0v) is 11.0. The molecule has 0 aromatic heterocycles. The molecule has 0 aromatic carbocycles. The van der Waals surface area contributed by atoms with Gasteiger partial charge in [-0.3, -0.25) is 0 Å². The summed E-state index contributed by atoms with van der Waals surface area (Å²) in [5.41, 5.74) is 0. The number of rotatable bonds is 2. The number of nitrogens with one attached hydrogen (secondary N) is 1. The van der Waals surface area contributed by atoms with Gasteiger partial charge in [0.2, 0.25) is 0 Å². The van der Waals surface area contributed by atoms with E-state index in [1.165, 1.54) is 43.6 Å². The van der Waals surface area contributed by atoms with Crippen molar-refractivity contribution < 1.29 is 0 Å². The highest BCUT2D eigenvalue weighted by Gasteiger charge is 2.28. The first kappa shape index (κ1) is 11.8. The lowest BCUT2D eigenvalue weighted by atomic mass is 9.77. The quantitative estimate of drug-likeness (QED) is 0.777. The molecule has 0 aromatic rings. The lowest BCUT2D eigenvalue weighted by molar-refractivity contribution is 0.191. The highest BCUT2D eigenvalue weighted by Crippen LogP contribution is 2.30. The maximum absolute atomic E-state index is 3.92. The third kappa shape index (κ3) is 3.13. The van der Waals surface area contributed by atoms with Gasteiger partial charge in [-0.05, 0) is 42.6 Å². The molecule has 1 N–H and O–H groups in total. The van der Waals surface area contributed by atoms with Gasteiger partial charge in [-0.2, -0.15) is 11.8 Å². The van der Waals surface area contributed by atoms with Crippen LogP contribution >= 0.6 is 11.8 Å². The predicted molar refractivity (Wildman–Crippen MR) is 69.4 cm³/mol. The number of thioether (sulfide) groups is 1. The van der Waals surface area contributed by atoms with Crippen molar-refractivity contribution in [2.75, 3.05) is 11.5 Å². The first-order valence-electron chi connectivity index (χ1n) is 6.61. The Balaban J connectivity index is 1.81. The molecule has 2 rings (SSSR count). The molecule has 0 radical (unpaired) electrons. The van der Waals surface area contributed by atoms with Crippen molar-refractivity contribution in [2.24, 2.45) is 11.8 Å². The molecule has 2 fully saturated rings. The van der Waals surface area contributed by atoms with Crippen LogP contribution in [0.2, 0.25) is 0 Å². The van der Waals surface area contributed by atoms with Gasteiger partial charge >= 0.3 is 0 Å². The molecule has 2 heteroatoms. The van der Waals surface area contributed by atoms with Gasteiger partial charge < -0.3 is 5.32 Å². The molecule has 0 unspecified atom stereocenters. The normalized spacial score (nSPS) is 39.2. The maximum Gasteiger partial charge on any atom is 0.00978 e. The summed E-state index contributed by atoms with van der Waals surface area (Å²) in [6, 6.07) is 1.63. The Morgan fingerprint density at radius 3 is 2.47 bits per heavy atom. The minimum absolute atomic E-state index is 0.807. The van der Waals surface area contributed by atoms with Crippen LogP contribution in [0.4, 0.5) is 0 Å². The molecule has 1 aliphatic heterocycles. The van der Waals surface area contributed by atoms with E-state index in [4.69, 9.17) is 0 Å². The Kier molecular flexibility index (Phi) is 4.39. The topological polar surface area (TPSA) is 12.0 Å². The summed E-state index contributed by atoms with van der Waals surface area (Å²) >= 11 is 2.12. The van der Waals surface area contributed by atoms with Gasteiger partial charge in [0, 0.05) is 12.1 Å². The summed E-state index contributed by atoms with van der Waals surface area (Å²) in [6.45, 7) is 4.87. The highest BCUT2D eigenvalue weighted by molar-refractivity contribution is 7.99. The standard InChI is InChI=1S/C13H25NS/c1-10-4-3-5-13(11(10)2)14-12-6-8-15-9-7-12/h10-14H,3-9H2,1-2H3/t10-,11+,13-/m1/s1. The molecule has 1 heterocycles. The Labute approximate surface area is 98.8 Å². The molecule has 0 amide bonds. The van der Waals surface area contributed by atoms with E-state index in [1.54, 1.807) is 0 Å². The van der Waals surface area contributed by atoms with Gasteiger partial charge in [-0.15, -0.1) is 0 Å². The van der Waals surface area contributed by atoms with Crippen molar-refractivity contribution >= 4 is 11.8 Å². The molecule has 1 aliphatic carbocycles. The Morgan fingerprint density at radius 1 is 1.00 bits per heavy atom. The van der Waals surface area contributed by atoms with E-state index in [1.807, 2.05) is 0 Å².